The van der Waals surface area contributed by atoms with Crippen molar-refractivity contribution in [2.24, 2.45) is 5.41 Å². The Balaban J connectivity index is 1.70. The molecule has 31 heavy (non-hydrogen) atoms. The lowest BCUT2D eigenvalue weighted by molar-refractivity contribution is -0.197. The van der Waals surface area contributed by atoms with Crippen molar-refractivity contribution in [3.8, 4) is 5.75 Å². The van der Waals surface area contributed by atoms with E-state index in [0.717, 1.165) is 12.0 Å². The van der Waals surface area contributed by atoms with Gasteiger partial charge in [-0.3, -0.25) is 14.4 Å². The van der Waals surface area contributed by atoms with E-state index in [4.69, 9.17) is 9.57 Å². The van der Waals surface area contributed by atoms with Crippen molar-refractivity contribution in [2.45, 2.75) is 65.8 Å². The molecule has 0 unspecified atom stereocenters. The van der Waals surface area contributed by atoms with Gasteiger partial charge < -0.3 is 14.9 Å². The van der Waals surface area contributed by atoms with Gasteiger partial charge in [0.25, 0.3) is 11.8 Å². The summed E-state index contributed by atoms with van der Waals surface area (Å²) in [4.78, 5) is 51.5. The fraction of sp³-hybridized carbons (Fsp3) is 0.565. The predicted octanol–water partition coefficient (Wildman–Crippen LogP) is 2.59. The van der Waals surface area contributed by atoms with E-state index in [1.54, 1.807) is 0 Å². The van der Waals surface area contributed by atoms with Crippen LogP contribution in [0.5, 0.6) is 5.75 Å². The maximum Gasteiger partial charge on any atom is 0.333 e. The predicted molar refractivity (Wildman–Crippen MR) is 114 cm³/mol. The van der Waals surface area contributed by atoms with E-state index in [9.17, 15) is 19.2 Å². The Hall–Kier alpha value is -2.74. The molecule has 0 saturated carbocycles. The second-order valence-corrected chi connectivity index (χ2v) is 8.80. The Bertz CT molecular complexity index is 799. The first-order chi connectivity index (χ1) is 14.6. The summed E-state index contributed by atoms with van der Waals surface area (Å²) in [6, 6.07) is 7.80. The van der Waals surface area contributed by atoms with Gasteiger partial charge in [-0.25, -0.2) is 4.79 Å². The van der Waals surface area contributed by atoms with Gasteiger partial charge in [0.1, 0.15) is 5.75 Å². The number of imide groups is 1. The zero-order chi connectivity index (χ0) is 23.0. The van der Waals surface area contributed by atoms with Gasteiger partial charge in [-0.1, -0.05) is 32.9 Å². The third kappa shape index (κ3) is 8.13. The van der Waals surface area contributed by atoms with E-state index in [2.05, 4.69) is 5.32 Å². The molecule has 1 atom stereocenters. The van der Waals surface area contributed by atoms with Crippen molar-refractivity contribution in [3.63, 3.8) is 0 Å². The highest BCUT2D eigenvalue weighted by molar-refractivity contribution is 6.01. The molecule has 1 aliphatic rings. The molecule has 8 nitrogen and oxygen atoms in total. The Labute approximate surface area is 183 Å². The van der Waals surface area contributed by atoms with Crippen LogP contribution in [0.3, 0.4) is 0 Å². The van der Waals surface area contributed by atoms with E-state index in [1.807, 2.05) is 52.0 Å². The first-order valence-corrected chi connectivity index (χ1v) is 10.6. The third-order valence-electron chi connectivity index (χ3n) is 4.88. The topological polar surface area (TPSA) is 102 Å². The van der Waals surface area contributed by atoms with Crippen LogP contribution in [0.1, 0.15) is 58.9 Å². The Morgan fingerprint density at radius 1 is 1.16 bits per heavy atom. The van der Waals surface area contributed by atoms with Gasteiger partial charge >= 0.3 is 5.97 Å². The maximum absolute atomic E-state index is 12.0. The van der Waals surface area contributed by atoms with Crippen molar-refractivity contribution in [1.82, 2.24) is 10.4 Å². The summed E-state index contributed by atoms with van der Waals surface area (Å²) in [5.41, 5.74) is 0.720. The molecule has 1 fully saturated rings. The quantitative estimate of drug-likeness (QED) is 0.423. The number of hydrogen-bond donors (Lipinski definition) is 1. The number of ether oxygens (including phenoxy) is 1. The number of nitrogens with zero attached hydrogens (tertiary/aromatic N) is 1. The number of Topliss-reactive ketones (excluding diaryl/α,β-unsaturated/α-hetero) is 1. The largest absolute Gasteiger partial charge is 0.494 e. The number of ketones is 1. The van der Waals surface area contributed by atoms with Crippen LogP contribution >= 0.6 is 0 Å². The van der Waals surface area contributed by atoms with Gasteiger partial charge in [0.2, 0.25) is 0 Å². The average Bonchev–Trinajstić information content (AvgIpc) is 3.01. The smallest absolute Gasteiger partial charge is 0.333 e. The molecule has 1 N–H and O–H groups in total. The van der Waals surface area contributed by atoms with Crippen LogP contribution in [0.15, 0.2) is 24.3 Å². The van der Waals surface area contributed by atoms with E-state index in [-0.39, 0.29) is 36.5 Å². The van der Waals surface area contributed by atoms with Crippen LogP contribution in [0.4, 0.5) is 0 Å². The van der Waals surface area contributed by atoms with E-state index < -0.39 is 17.8 Å². The summed E-state index contributed by atoms with van der Waals surface area (Å²) in [6.07, 6.45) is 1.34. The van der Waals surface area contributed by atoms with Gasteiger partial charge in [0.05, 0.1) is 19.6 Å². The maximum atomic E-state index is 12.0. The fourth-order valence-corrected chi connectivity index (χ4v) is 2.93. The van der Waals surface area contributed by atoms with Crippen molar-refractivity contribution < 1.29 is 28.8 Å². The van der Waals surface area contributed by atoms with Crippen molar-refractivity contribution in [3.05, 3.63) is 29.8 Å². The van der Waals surface area contributed by atoms with Crippen LogP contribution in [-0.2, 0) is 30.4 Å². The summed E-state index contributed by atoms with van der Waals surface area (Å²) in [5.74, 6) is -0.747. The van der Waals surface area contributed by atoms with E-state index >= 15 is 0 Å². The summed E-state index contributed by atoms with van der Waals surface area (Å²) >= 11 is 0. The minimum Gasteiger partial charge on any atom is -0.494 e. The molecule has 0 radical (unpaired) electrons. The lowest BCUT2D eigenvalue weighted by Crippen LogP contribution is -2.37. The Morgan fingerprint density at radius 3 is 2.48 bits per heavy atom. The van der Waals surface area contributed by atoms with Gasteiger partial charge in [-0.15, -0.1) is 5.06 Å². The number of carbonyl (C=O) groups is 4. The zero-order valence-corrected chi connectivity index (χ0v) is 18.7. The van der Waals surface area contributed by atoms with Crippen LogP contribution in [0.25, 0.3) is 0 Å². The zero-order valence-electron chi connectivity index (χ0n) is 18.7. The van der Waals surface area contributed by atoms with E-state index in [0.29, 0.717) is 30.4 Å². The number of rotatable bonds is 11. The molecule has 1 saturated heterocycles. The number of amides is 2. The minimum atomic E-state index is -0.634. The molecule has 0 aromatic heterocycles. The molecule has 1 aliphatic heterocycles. The SMILES string of the molecule is C[C@@H](Cc1cccc(OCCCC(=O)ON2C(=O)CCC2=O)c1)NCC(=O)C(C)(C)C. The second kappa shape index (κ2) is 11.0. The number of benzene rings is 1. The highest BCUT2D eigenvalue weighted by Crippen LogP contribution is 2.17. The Morgan fingerprint density at radius 2 is 1.84 bits per heavy atom. The molecule has 1 aromatic rings. The molecule has 0 aliphatic carbocycles. The standard InChI is InChI=1S/C23H32N2O6/c1-16(24-15-19(26)23(2,3)4)13-17-7-5-8-18(14-17)30-12-6-9-22(29)31-25-20(27)10-11-21(25)28/h5,7-8,14,16,24H,6,9-13,15H2,1-4H3/t16-/m0/s1. The molecule has 1 heterocycles. The molecule has 170 valence electrons. The van der Waals surface area contributed by atoms with Crippen LogP contribution < -0.4 is 10.1 Å². The van der Waals surface area contributed by atoms with Crippen molar-refractivity contribution >= 4 is 23.6 Å². The number of hydroxylamine groups is 2. The monoisotopic (exact) mass is 432 g/mol. The summed E-state index contributed by atoms with van der Waals surface area (Å²) in [7, 11) is 0. The number of carbonyl (C=O) groups excluding carboxylic acids is 4. The molecule has 2 rings (SSSR count). The molecular weight excluding hydrogens is 400 g/mol. The molecular formula is C23H32N2O6. The third-order valence-corrected chi connectivity index (χ3v) is 4.88. The molecule has 2 amide bonds. The Kier molecular flexibility index (Phi) is 8.74. The van der Waals surface area contributed by atoms with Crippen LogP contribution in [-0.4, -0.2) is 47.8 Å². The van der Waals surface area contributed by atoms with Gasteiger partial charge in [0, 0.05) is 24.3 Å². The first-order valence-electron chi connectivity index (χ1n) is 10.6. The molecule has 8 heteroatoms. The van der Waals surface area contributed by atoms with Gasteiger partial charge in [-0.05, 0) is 37.5 Å². The van der Waals surface area contributed by atoms with E-state index in [1.165, 1.54) is 0 Å². The minimum absolute atomic E-state index is 0.0412. The second-order valence-electron chi connectivity index (χ2n) is 8.80. The summed E-state index contributed by atoms with van der Waals surface area (Å²) in [5, 5.41) is 3.82. The van der Waals surface area contributed by atoms with Crippen molar-refractivity contribution in [2.75, 3.05) is 13.2 Å². The molecule has 0 bridgehead atoms. The van der Waals surface area contributed by atoms with Crippen molar-refractivity contribution in [1.29, 1.82) is 0 Å². The summed E-state index contributed by atoms with van der Waals surface area (Å²) in [6.45, 7) is 8.40. The molecule has 1 aromatic carbocycles. The lowest BCUT2D eigenvalue weighted by Gasteiger charge is -2.19. The lowest BCUT2D eigenvalue weighted by atomic mass is 9.90. The normalized spacial score (nSPS) is 15.2. The van der Waals surface area contributed by atoms with Gasteiger partial charge in [-0.2, -0.15) is 0 Å². The van der Waals surface area contributed by atoms with Gasteiger partial charge in [0.15, 0.2) is 5.78 Å². The van der Waals surface area contributed by atoms with Crippen LogP contribution in [0.2, 0.25) is 0 Å². The first kappa shape index (κ1) is 24.5. The number of nitrogens with one attached hydrogen (secondary N) is 1. The highest BCUT2D eigenvalue weighted by atomic mass is 16.7. The average molecular weight is 433 g/mol. The molecule has 0 spiro atoms. The summed E-state index contributed by atoms with van der Waals surface area (Å²) < 4.78 is 5.70. The van der Waals surface area contributed by atoms with Crippen LogP contribution in [0, 0.1) is 5.41 Å². The number of hydrogen-bond acceptors (Lipinski definition) is 7. The fourth-order valence-electron chi connectivity index (χ4n) is 2.93. The highest BCUT2D eigenvalue weighted by Gasteiger charge is 2.32.